The normalized spacial score (nSPS) is 20.8. The quantitative estimate of drug-likeness (QED) is 0.0271. The Hall–Kier alpha value is -12.3. The van der Waals surface area contributed by atoms with Gasteiger partial charge in [-0.05, 0) is 129 Å². The average Bonchev–Trinajstić information content (AvgIpc) is 1.70. The van der Waals surface area contributed by atoms with Crippen molar-refractivity contribution in [1.82, 2.24) is 104 Å². The van der Waals surface area contributed by atoms with Gasteiger partial charge in [0.15, 0.2) is 0 Å². The van der Waals surface area contributed by atoms with E-state index in [1.54, 1.807) is 0 Å². The highest BCUT2D eigenvalue weighted by Crippen LogP contribution is 2.23. The van der Waals surface area contributed by atoms with Crippen molar-refractivity contribution in [2.45, 2.75) is 255 Å². The first-order chi connectivity index (χ1) is 57.8. The maximum absolute atomic E-state index is 15.2. The smallest absolute Gasteiger partial charge is 0.305 e. The van der Waals surface area contributed by atoms with E-state index < -0.39 is 261 Å². The molecule has 47 nitrogen and oxygen atoms in total. The number of imidazole rings is 1. The van der Waals surface area contributed by atoms with E-state index in [0.29, 0.717) is 17.0 Å². The molecule has 1 aromatic heterocycles. The number of nitrogens with two attached hydrogens (primary N) is 2. The number of fused-ring (bicyclic) bond motifs is 2. The van der Waals surface area contributed by atoms with E-state index in [-0.39, 0.29) is 148 Å². The Balaban J connectivity index is 1.84. The van der Waals surface area contributed by atoms with Crippen LogP contribution in [-0.4, -0.2) is 308 Å². The predicted octanol–water partition coefficient (Wildman–Crippen LogP) is -8.54. The monoisotopic (exact) mass is 1730 g/mol. The van der Waals surface area contributed by atoms with Crippen LogP contribution >= 0.6 is 0 Å². The number of aliphatic hydroxyl groups excluding tert-OH is 1. The number of hydrogen-bond donors (Lipinski definition) is 21. The minimum atomic E-state index is -1.86. The highest BCUT2D eigenvalue weighted by Gasteiger charge is 2.42. The van der Waals surface area contributed by atoms with Gasteiger partial charge in [0.1, 0.15) is 72.5 Å². The molecular formula is C75H118N22O25. The number of hydrogen-bond acceptors (Lipinski definition) is 25. The summed E-state index contributed by atoms with van der Waals surface area (Å²) in [6.07, 6.45) is -0.769. The molecule has 0 saturated carbocycles. The number of carbonyl (C=O) groups excluding carboxylic acids is 20. The second-order valence-electron chi connectivity index (χ2n) is 29.8. The van der Waals surface area contributed by atoms with Gasteiger partial charge in [-0.2, -0.15) is 0 Å². The van der Waals surface area contributed by atoms with Crippen molar-refractivity contribution in [2.75, 3.05) is 65.5 Å². The number of aromatic nitrogens is 2. The van der Waals surface area contributed by atoms with E-state index in [1.165, 1.54) is 31.3 Å². The summed E-state index contributed by atoms with van der Waals surface area (Å²) in [6.45, 7) is 1.59. The van der Waals surface area contributed by atoms with Crippen LogP contribution in [0.25, 0.3) is 0 Å². The number of carboxylic acids is 2. The number of nitrogens with one attached hydrogen (secondary N) is 16. The first-order valence-electron chi connectivity index (χ1n) is 40.6. The van der Waals surface area contributed by atoms with Crippen LogP contribution in [0.1, 0.15) is 182 Å². The fourth-order valence-corrected chi connectivity index (χ4v) is 13.6. The molecule has 0 spiro atoms. The van der Waals surface area contributed by atoms with Crippen molar-refractivity contribution in [2.24, 2.45) is 11.5 Å². The minimum absolute atomic E-state index is 0.0295. The summed E-state index contributed by atoms with van der Waals surface area (Å²) in [7, 11) is 0. The van der Waals surface area contributed by atoms with Gasteiger partial charge < -0.3 is 121 Å². The van der Waals surface area contributed by atoms with Gasteiger partial charge >= 0.3 is 11.9 Å². The van der Waals surface area contributed by atoms with E-state index in [0.717, 1.165) is 25.7 Å². The van der Waals surface area contributed by atoms with E-state index in [2.05, 4.69) is 89.7 Å². The molecule has 3 saturated heterocycles. The Bertz CT molecular complexity index is 3850. The number of aliphatic carboxylic acids is 2. The molecule has 0 unspecified atom stereocenters. The second kappa shape index (κ2) is 53.3. The van der Waals surface area contributed by atoms with Gasteiger partial charge in [-0.3, -0.25) is 110 Å². The Morgan fingerprint density at radius 3 is 1.44 bits per heavy atom. The fraction of sp³-hybridized carbons (Fsp3) is 0.667. The molecule has 20 amide bonds. The van der Waals surface area contributed by atoms with Crippen molar-refractivity contribution in [3.63, 3.8) is 0 Å². The molecule has 12 atom stereocenters. The average molecular weight is 1730 g/mol. The molecule has 122 heavy (non-hydrogen) atoms. The summed E-state index contributed by atoms with van der Waals surface area (Å²) >= 11 is 0. The number of amides is 20. The SMILES string of the molecule is CC(=O)N[C@@H](CCC(=O)O)C(=O)NCCCC[C@@H]1NC(=O)[C@H](CCC(=O)NCCC(N)=O)NC(=O)[C@H](CCCCNC(=O)[C@H](Cc2cnc[nH]2)NC(C)=O)NC(=O)CNC(=O)[C@@H]2CCCN2C(=O)[C@H](CCCCN)NC(=O)[C@H](C)NC(=O)[C@H](CCCCN(C(=O)[C@H](CO)NC(C)=O)C(=O)[C@H](CC(=O)O)NC(C)=O)NC(=O)CNC(=O)[C@@H]2CCCN2C1=O. The molecule has 0 radical (unpaired) electrons. The number of carboxylic acid groups (broad SMARTS) is 2. The van der Waals surface area contributed by atoms with E-state index in [9.17, 15) is 111 Å². The lowest BCUT2D eigenvalue weighted by Crippen LogP contribution is -2.59. The van der Waals surface area contributed by atoms with Crippen molar-refractivity contribution in [1.29, 1.82) is 0 Å². The summed E-state index contributed by atoms with van der Waals surface area (Å²) in [5.41, 5.74) is 11.6. The lowest BCUT2D eigenvalue weighted by molar-refractivity contribution is -0.152. The molecule has 0 bridgehead atoms. The second-order valence-corrected chi connectivity index (χ2v) is 29.8. The highest BCUT2D eigenvalue weighted by molar-refractivity contribution is 6.04. The van der Waals surface area contributed by atoms with E-state index >= 15 is 9.59 Å². The molecule has 3 aliphatic heterocycles. The van der Waals surface area contributed by atoms with Gasteiger partial charge in [0.2, 0.25) is 106 Å². The van der Waals surface area contributed by atoms with Gasteiger partial charge in [-0.1, -0.05) is 0 Å². The fourth-order valence-electron chi connectivity index (χ4n) is 13.6. The van der Waals surface area contributed by atoms with Crippen molar-refractivity contribution < 1.29 is 121 Å². The Labute approximate surface area is 702 Å². The van der Waals surface area contributed by atoms with Gasteiger partial charge in [-0.15, -0.1) is 0 Å². The third kappa shape index (κ3) is 36.7. The molecule has 4 rings (SSSR count). The van der Waals surface area contributed by atoms with Gasteiger partial charge in [0, 0.05) is 105 Å². The Morgan fingerprint density at radius 2 is 0.959 bits per heavy atom. The van der Waals surface area contributed by atoms with Crippen LogP contribution in [0.4, 0.5) is 0 Å². The summed E-state index contributed by atoms with van der Waals surface area (Å²) in [5.74, 6) is -20.8. The van der Waals surface area contributed by atoms with Crippen molar-refractivity contribution in [3.05, 3.63) is 18.2 Å². The van der Waals surface area contributed by atoms with E-state index in [4.69, 9.17) is 11.5 Å². The lowest BCUT2D eigenvalue weighted by atomic mass is 10.0. The van der Waals surface area contributed by atoms with Crippen LogP contribution in [0, 0.1) is 0 Å². The van der Waals surface area contributed by atoms with Crippen LogP contribution in [0.15, 0.2) is 12.5 Å². The minimum Gasteiger partial charge on any atom is -0.481 e. The Kier molecular flexibility index (Phi) is 44.6. The van der Waals surface area contributed by atoms with Crippen LogP contribution in [0.3, 0.4) is 0 Å². The molecule has 678 valence electrons. The van der Waals surface area contributed by atoms with Gasteiger partial charge in [0.05, 0.1) is 32.4 Å². The van der Waals surface area contributed by atoms with E-state index in [1.807, 2.05) is 0 Å². The Morgan fingerprint density at radius 1 is 0.508 bits per heavy atom. The standard InChI is InChI=1S/C75H118N22O25/c1-41-64(111)93-51(18-6-10-27-76)72(119)95-32-14-20-56(95)70(117)83-38-61(106)91-48(16-7-11-29-81-66(113)53(87-43(3)100)34-46-36-78-40-84-46)68(115)92-50(22-24-59(104)79-30-26-58(77)103)69(116)94-52(19-8-12-28-80-65(112)49(86-42(2)99)23-25-62(107)108)73(120)96-33-15-21-57(96)71(118)82-37-60(105)90-47(67(114)85-41)17-9-13-31-97(75(122)55(39-98)89-45(5)102)74(121)54(35-63(109)110)88-44(4)101/h36,40-41,47-57,98H,6-35,37-39,76H2,1-5H3,(H2,77,103)(H,78,84)(H,79,104)(H,80,112)(H,81,113)(H,82,118)(H,83,117)(H,85,114)(H,86,99)(H,87,100)(H,88,101)(H,89,102)(H,90,105)(H,91,106)(H,92,115)(H,93,111)(H,94,116)(H,107,108)(H,109,110)/t41-,47-,48-,49-,50-,51-,52-,53-,54-,55-,56-,57-/m0/s1. The zero-order valence-electron chi connectivity index (χ0n) is 69.2. The maximum Gasteiger partial charge on any atom is 0.305 e. The number of imide groups is 1. The first-order valence-corrected chi connectivity index (χ1v) is 40.6. The topological polar surface area (TPSA) is 707 Å². The molecule has 1 aromatic rings. The lowest BCUT2D eigenvalue weighted by Gasteiger charge is -2.30. The third-order valence-corrected chi connectivity index (χ3v) is 19.8. The number of aromatic amines is 1. The summed E-state index contributed by atoms with van der Waals surface area (Å²) < 4.78 is 0. The number of primary amides is 1. The predicted molar refractivity (Wildman–Crippen MR) is 425 cm³/mol. The van der Waals surface area contributed by atoms with Gasteiger partial charge in [-0.25, -0.2) is 4.98 Å². The zero-order valence-corrected chi connectivity index (χ0v) is 69.2. The summed E-state index contributed by atoms with van der Waals surface area (Å²) in [6, 6.07) is -18.2. The highest BCUT2D eigenvalue weighted by atomic mass is 16.4. The number of aliphatic hydroxyl groups is 1. The molecule has 0 aliphatic carbocycles. The summed E-state index contributed by atoms with van der Waals surface area (Å²) in [4.78, 5) is 307. The number of carbonyl (C=O) groups is 22. The number of rotatable bonds is 41. The van der Waals surface area contributed by atoms with Crippen LogP contribution in [-0.2, 0) is 112 Å². The molecule has 4 heterocycles. The van der Waals surface area contributed by atoms with Crippen molar-refractivity contribution >= 4 is 130 Å². The van der Waals surface area contributed by atoms with Crippen LogP contribution in [0.5, 0.6) is 0 Å². The van der Waals surface area contributed by atoms with Crippen LogP contribution < -0.4 is 91.2 Å². The molecule has 0 aromatic carbocycles. The van der Waals surface area contributed by atoms with Gasteiger partial charge in [0.25, 0.3) is 11.8 Å². The molecule has 3 aliphatic rings. The third-order valence-electron chi connectivity index (χ3n) is 19.8. The largest absolute Gasteiger partial charge is 0.481 e. The van der Waals surface area contributed by atoms with Crippen molar-refractivity contribution in [3.8, 4) is 0 Å². The molecular weight excluding hydrogens is 1610 g/mol. The molecule has 23 N–H and O–H groups in total. The number of unbranched alkanes of at least 4 members (excludes halogenated alkanes) is 4. The first kappa shape index (κ1) is 102. The number of nitrogens with zero attached hydrogens (tertiary/aromatic N) is 4. The maximum atomic E-state index is 15.2. The summed E-state index contributed by atoms with van der Waals surface area (Å²) in [5, 5.41) is 66.5. The molecule has 47 heteroatoms. The zero-order chi connectivity index (χ0) is 90.7. The molecule has 3 fully saturated rings. The number of H-pyrrole nitrogens is 1. The van der Waals surface area contributed by atoms with Crippen LogP contribution in [0.2, 0.25) is 0 Å².